The van der Waals surface area contributed by atoms with E-state index in [-0.39, 0.29) is 24.2 Å². The summed E-state index contributed by atoms with van der Waals surface area (Å²) < 4.78 is 7.06. The van der Waals surface area contributed by atoms with Gasteiger partial charge in [-0.2, -0.15) is 0 Å². The Labute approximate surface area is 274 Å². The van der Waals surface area contributed by atoms with E-state index < -0.39 is 5.97 Å². The van der Waals surface area contributed by atoms with Crippen LogP contribution in [0.1, 0.15) is 47.9 Å². The fraction of sp³-hybridized carbons (Fsp3) is 0.303. The molecule has 1 aliphatic heterocycles. The van der Waals surface area contributed by atoms with Crippen molar-refractivity contribution in [2.75, 3.05) is 25.9 Å². The highest BCUT2D eigenvalue weighted by molar-refractivity contribution is 7.18. The molecule has 1 aromatic carbocycles. The van der Waals surface area contributed by atoms with Crippen LogP contribution in [0.2, 0.25) is 5.02 Å². The number of aromatic carboxylic acids is 1. The maximum Gasteiger partial charge on any atom is 0.338 e. The second-order valence-corrected chi connectivity index (χ2v) is 12.7. The van der Waals surface area contributed by atoms with Crippen molar-refractivity contribution < 1.29 is 19.4 Å². The summed E-state index contributed by atoms with van der Waals surface area (Å²) in [7, 11) is 2.04. The Kier molecular flexibility index (Phi) is 8.88. The predicted octanol–water partition coefficient (Wildman–Crippen LogP) is 5.76. The van der Waals surface area contributed by atoms with E-state index >= 15 is 0 Å². The van der Waals surface area contributed by atoms with Gasteiger partial charge in [0, 0.05) is 57.3 Å². The molecule has 6 rings (SSSR count). The number of thiophene rings is 1. The zero-order valence-electron chi connectivity index (χ0n) is 25.6. The van der Waals surface area contributed by atoms with Crippen LogP contribution in [0, 0.1) is 6.92 Å². The van der Waals surface area contributed by atoms with Crippen LogP contribution in [0.25, 0.3) is 21.3 Å². The summed E-state index contributed by atoms with van der Waals surface area (Å²) in [6.07, 6.45) is 3.97. The molecular formula is C33H32ClN7O4S. The Bertz CT molecular complexity index is 1970. The van der Waals surface area contributed by atoms with Crippen molar-refractivity contribution in [3.05, 3.63) is 80.8 Å². The third kappa shape index (κ3) is 6.25. The molecule has 11 nitrogen and oxygen atoms in total. The molecule has 4 aromatic rings. The zero-order valence-corrected chi connectivity index (χ0v) is 27.2. The van der Waals surface area contributed by atoms with Gasteiger partial charge >= 0.3 is 5.97 Å². The van der Waals surface area contributed by atoms with Gasteiger partial charge in [-0.25, -0.2) is 24.5 Å². The molecule has 0 saturated carbocycles. The van der Waals surface area contributed by atoms with Crippen LogP contribution in [0.5, 0.6) is 5.75 Å². The van der Waals surface area contributed by atoms with Crippen molar-refractivity contribution in [1.29, 1.82) is 0 Å². The predicted molar refractivity (Wildman–Crippen MR) is 179 cm³/mol. The second-order valence-electron chi connectivity index (χ2n) is 11.3. The monoisotopic (exact) mass is 657 g/mol. The van der Waals surface area contributed by atoms with Crippen molar-refractivity contribution >= 4 is 56.8 Å². The molecule has 3 N–H and O–H groups in total. The van der Waals surface area contributed by atoms with Crippen LogP contribution in [0.3, 0.4) is 0 Å². The lowest BCUT2D eigenvalue weighted by molar-refractivity contribution is 0.0699. The number of carboxylic acids is 1. The van der Waals surface area contributed by atoms with Crippen molar-refractivity contribution in [3.63, 3.8) is 0 Å². The summed E-state index contributed by atoms with van der Waals surface area (Å²) in [5, 5.41) is 11.8. The van der Waals surface area contributed by atoms with Gasteiger partial charge < -0.3 is 20.5 Å². The average Bonchev–Trinajstić information content (AvgIpc) is 3.45. The number of pyridine rings is 1. The Hall–Kier alpha value is -4.61. The first-order valence-electron chi connectivity index (χ1n) is 14.8. The third-order valence-corrected chi connectivity index (χ3v) is 9.53. The number of halogens is 1. The molecular weight excluding hydrogens is 626 g/mol. The molecule has 1 aliphatic carbocycles. The van der Waals surface area contributed by atoms with Crippen molar-refractivity contribution in [3.8, 4) is 16.9 Å². The van der Waals surface area contributed by atoms with Crippen LogP contribution in [-0.2, 0) is 11.3 Å². The molecule has 13 heteroatoms. The number of amidine groups is 1. The SMILES string of the molecule is CC1=NC2=C(CC(N(C)Cc3ccnc(N)n3)CC2)C(=C=O)N1CCOc1ccc(Cl)cc1-c1cc(C)nc2c(C(=O)O)csc12. The minimum atomic E-state index is -1.03. The van der Waals surface area contributed by atoms with Crippen LogP contribution in [0.15, 0.2) is 63.9 Å². The van der Waals surface area contributed by atoms with Gasteiger partial charge in [0.15, 0.2) is 5.94 Å². The Morgan fingerprint density at radius 3 is 2.83 bits per heavy atom. The van der Waals surface area contributed by atoms with Gasteiger partial charge in [-0.15, -0.1) is 11.3 Å². The summed E-state index contributed by atoms with van der Waals surface area (Å²) in [5.74, 6) is 2.71. The van der Waals surface area contributed by atoms with Crippen LogP contribution < -0.4 is 10.5 Å². The fourth-order valence-electron chi connectivity index (χ4n) is 6.07. The number of fused-ring (bicyclic) bond motifs is 1. The van der Waals surface area contributed by atoms with Gasteiger partial charge in [-0.3, -0.25) is 9.88 Å². The van der Waals surface area contributed by atoms with E-state index in [1.807, 2.05) is 37.9 Å². The molecule has 236 valence electrons. The molecule has 0 amide bonds. The first-order valence-corrected chi connectivity index (χ1v) is 16.0. The largest absolute Gasteiger partial charge is 0.491 e. The molecule has 0 radical (unpaired) electrons. The second kappa shape index (κ2) is 13.0. The van der Waals surface area contributed by atoms with Crippen LogP contribution >= 0.6 is 22.9 Å². The lowest BCUT2D eigenvalue weighted by atomic mass is 9.88. The van der Waals surface area contributed by atoms with Gasteiger partial charge in [0.05, 0.1) is 28.0 Å². The van der Waals surface area contributed by atoms with E-state index in [1.54, 1.807) is 29.8 Å². The molecule has 3 aromatic heterocycles. The Balaban J connectivity index is 1.20. The number of nitrogen functional groups attached to an aromatic ring is 1. The Morgan fingerprint density at radius 1 is 1.24 bits per heavy atom. The molecule has 1 atom stereocenters. The number of aryl methyl sites for hydroxylation is 1. The number of allylic oxidation sites excluding steroid dienone is 2. The molecule has 4 heterocycles. The number of carbonyl (C=O) groups excluding carboxylic acids is 1. The number of aliphatic imine (C=N–C) groups is 1. The fourth-order valence-corrected chi connectivity index (χ4v) is 7.26. The van der Waals surface area contributed by atoms with Crippen molar-refractivity contribution in [2.45, 2.75) is 45.7 Å². The Morgan fingerprint density at radius 2 is 2.07 bits per heavy atom. The topological polar surface area (TPSA) is 147 Å². The third-order valence-electron chi connectivity index (χ3n) is 8.29. The lowest BCUT2D eigenvalue weighted by Crippen LogP contribution is -2.40. The number of nitrogens with two attached hydrogens (primary N) is 1. The first kappa shape index (κ1) is 31.4. The van der Waals surface area contributed by atoms with Crippen molar-refractivity contribution in [2.24, 2.45) is 4.99 Å². The highest BCUT2D eigenvalue weighted by atomic mass is 35.5. The summed E-state index contributed by atoms with van der Waals surface area (Å²) in [6.45, 7) is 4.93. The average molecular weight is 658 g/mol. The molecule has 0 saturated heterocycles. The number of carboxylic acid groups (broad SMARTS) is 1. The van der Waals surface area contributed by atoms with E-state index in [1.165, 1.54) is 11.3 Å². The maximum atomic E-state index is 12.5. The first-order chi connectivity index (χ1) is 22.1. The number of hydrogen-bond donors (Lipinski definition) is 2. The molecule has 0 fully saturated rings. The number of benzene rings is 1. The number of nitrogens with zero attached hydrogens (tertiary/aromatic N) is 6. The highest BCUT2D eigenvalue weighted by Crippen LogP contribution is 2.41. The minimum absolute atomic E-state index is 0.158. The van der Waals surface area contributed by atoms with Gasteiger partial charge in [0.2, 0.25) is 5.95 Å². The number of ether oxygens (including phenoxy) is 1. The van der Waals surface area contributed by atoms with E-state index in [4.69, 9.17) is 27.1 Å². The van der Waals surface area contributed by atoms with E-state index in [9.17, 15) is 14.7 Å². The van der Waals surface area contributed by atoms with Gasteiger partial charge in [0.1, 0.15) is 23.9 Å². The lowest BCUT2D eigenvalue weighted by Gasteiger charge is -2.38. The number of hydrogen-bond acceptors (Lipinski definition) is 11. The normalized spacial score (nSPS) is 16.5. The van der Waals surface area contributed by atoms with Gasteiger partial charge in [0.25, 0.3) is 0 Å². The van der Waals surface area contributed by atoms with Gasteiger partial charge in [-0.1, -0.05) is 11.6 Å². The summed E-state index contributed by atoms with van der Waals surface area (Å²) >= 11 is 7.74. The smallest absolute Gasteiger partial charge is 0.338 e. The minimum Gasteiger partial charge on any atom is -0.491 e. The number of rotatable bonds is 9. The number of carbonyl (C=O) groups is 1. The number of aromatic nitrogens is 3. The van der Waals surface area contributed by atoms with Gasteiger partial charge in [-0.05, 0) is 70.5 Å². The van der Waals surface area contributed by atoms with E-state index in [2.05, 4.69) is 25.8 Å². The quantitative estimate of drug-likeness (QED) is 0.213. The molecule has 2 aliphatic rings. The van der Waals surface area contributed by atoms with Crippen LogP contribution in [-0.4, -0.2) is 73.8 Å². The zero-order chi connectivity index (χ0) is 32.5. The highest BCUT2D eigenvalue weighted by Gasteiger charge is 2.33. The van der Waals surface area contributed by atoms with E-state index in [0.717, 1.165) is 45.6 Å². The van der Waals surface area contributed by atoms with E-state index in [0.29, 0.717) is 53.0 Å². The molecule has 0 bridgehead atoms. The number of anilines is 1. The summed E-state index contributed by atoms with van der Waals surface area (Å²) in [6, 6.07) is 9.29. The molecule has 0 spiro atoms. The molecule has 1 unspecified atom stereocenters. The maximum absolute atomic E-state index is 12.5. The van der Waals surface area contributed by atoms with Crippen LogP contribution in [0.4, 0.5) is 5.95 Å². The summed E-state index contributed by atoms with van der Waals surface area (Å²) in [4.78, 5) is 46.0. The standard InChI is InChI=1S/C33H32ClN7O4S/c1-18-12-24(31-30(37-18)26(17-46-31)32(43)44)23-13-20(34)4-7-29(23)45-11-10-41-19(2)38-27-6-5-22(14-25(27)28(41)16-42)40(3)15-21-8-9-36-33(35)39-21/h4,7-9,12-13,17,22H,5-6,10-11,14-15H2,1-3H3,(H,43,44)(H2,35,36,39). The van der Waals surface area contributed by atoms with Crippen molar-refractivity contribution in [1.82, 2.24) is 24.8 Å². The molecule has 46 heavy (non-hydrogen) atoms. The summed E-state index contributed by atoms with van der Waals surface area (Å²) in [5.41, 5.74) is 11.7.